The lowest BCUT2D eigenvalue weighted by molar-refractivity contribution is -0.150. The van der Waals surface area contributed by atoms with Gasteiger partial charge in [-0.05, 0) is 18.8 Å². The predicted octanol–water partition coefficient (Wildman–Crippen LogP) is 2.13. The van der Waals surface area contributed by atoms with Gasteiger partial charge in [-0.3, -0.25) is 9.59 Å². The maximum Gasteiger partial charge on any atom is 0.307 e. The van der Waals surface area contributed by atoms with Crippen LogP contribution >= 0.6 is 0 Å². The summed E-state index contributed by atoms with van der Waals surface area (Å²) in [5.74, 6) is -2.60. The molecule has 0 aliphatic heterocycles. The van der Waals surface area contributed by atoms with Crippen LogP contribution in [0.1, 0.15) is 44.9 Å². The van der Waals surface area contributed by atoms with Gasteiger partial charge in [0.25, 0.3) is 0 Å². The van der Waals surface area contributed by atoms with Gasteiger partial charge < -0.3 is 10.2 Å². The molecule has 4 nitrogen and oxygen atoms in total. The molecule has 2 N–H and O–H groups in total. The van der Waals surface area contributed by atoms with E-state index < -0.39 is 17.9 Å². The van der Waals surface area contributed by atoms with Gasteiger partial charge in [0.2, 0.25) is 0 Å². The van der Waals surface area contributed by atoms with E-state index in [0.29, 0.717) is 0 Å². The molecular formula is C11H18O4. The fourth-order valence-electron chi connectivity index (χ4n) is 2.36. The maximum absolute atomic E-state index is 11.0. The Balaban J connectivity index is 2.60. The first-order valence-electron chi connectivity index (χ1n) is 5.56. The normalized spacial score (nSPS) is 20.5. The number of hydrogen-bond donors (Lipinski definition) is 2. The second-order valence-corrected chi connectivity index (χ2v) is 4.29. The quantitative estimate of drug-likeness (QED) is 0.703. The lowest BCUT2D eigenvalue weighted by Gasteiger charge is -2.20. The molecule has 0 aromatic rings. The highest BCUT2D eigenvalue weighted by atomic mass is 16.4. The molecule has 0 amide bonds. The van der Waals surface area contributed by atoms with Crippen molar-refractivity contribution in [2.75, 3.05) is 0 Å². The second-order valence-electron chi connectivity index (χ2n) is 4.29. The van der Waals surface area contributed by atoms with Gasteiger partial charge in [-0.25, -0.2) is 0 Å². The topological polar surface area (TPSA) is 74.6 Å². The van der Waals surface area contributed by atoms with E-state index in [-0.39, 0.29) is 12.3 Å². The van der Waals surface area contributed by atoms with Crippen molar-refractivity contribution in [3.63, 3.8) is 0 Å². The van der Waals surface area contributed by atoms with Gasteiger partial charge >= 0.3 is 11.9 Å². The number of carboxylic acid groups (broad SMARTS) is 2. The molecule has 1 rings (SSSR count). The Kier molecular flexibility index (Phi) is 4.59. The Morgan fingerprint density at radius 3 is 2.00 bits per heavy atom. The molecule has 1 atom stereocenters. The van der Waals surface area contributed by atoms with Crippen LogP contribution in [-0.4, -0.2) is 22.2 Å². The predicted molar refractivity (Wildman–Crippen MR) is 54.6 cm³/mol. The molecule has 1 fully saturated rings. The van der Waals surface area contributed by atoms with E-state index >= 15 is 0 Å². The largest absolute Gasteiger partial charge is 0.481 e. The van der Waals surface area contributed by atoms with Crippen molar-refractivity contribution in [3.8, 4) is 0 Å². The Morgan fingerprint density at radius 1 is 1.07 bits per heavy atom. The lowest BCUT2D eigenvalue weighted by Crippen LogP contribution is -2.26. The van der Waals surface area contributed by atoms with Crippen LogP contribution in [0.2, 0.25) is 0 Å². The van der Waals surface area contributed by atoms with Gasteiger partial charge in [-0.15, -0.1) is 0 Å². The monoisotopic (exact) mass is 214 g/mol. The molecule has 1 saturated carbocycles. The van der Waals surface area contributed by atoms with Crippen LogP contribution in [0.25, 0.3) is 0 Å². The summed E-state index contributed by atoms with van der Waals surface area (Å²) in [5, 5.41) is 17.7. The smallest absolute Gasteiger partial charge is 0.307 e. The third-order valence-corrected chi connectivity index (χ3v) is 3.18. The molecule has 1 aliphatic rings. The van der Waals surface area contributed by atoms with Crippen LogP contribution in [0.3, 0.4) is 0 Å². The van der Waals surface area contributed by atoms with Crippen molar-refractivity contribution in [2.24, 2.45) is 11.8 Å². The lowest BCUT2D eigenvalue weighted by atomic mass is 9.84. The molecule has 0 heterocycles. The Labute approximate surface area is 89.3 Å². The Bertz CT molecular complexity index is 229. The van der Waals surface area contributed by atoms with Crippen LogP contribution in [0, 0.1) is 11.8 Å². The number of carbonyl (C=O) groups is 2. The summed E-state index contributed by atoms with van der Waals surface area (Å²) in [4.78, 5) is 21.6. The van der Waals surface area contributed by atoms with Gasteiger partial charge in [0.05, 0.1) is 12.3 Å². The minimum absolute atomic E-state index is 0.0566. The minimum Gasteiger partial charge on any atom is -0.481 e. The maximum atomic E-state index is 11.0. The fraction of sp³-hybridized carbons (Fsp3) is 0.818. The van der Waals surface area contributed by atoms with Crippen molar-refractivity contribution < 1.29 is 19.8 Å². The first-order valence-corrected chi connectivity index (χ1v) is 5.56. The highest BCUT2D eigenvalue weighted by Crippen LogP contribution is 2.31. The third kappa shape index (κ3) is 3.90. The molecule has 15 heavy (non-hydrogen) atoms. The van der Waals surface area contributed by atoms with E-state index in [0.717, 1.165) is 38.5 Å². The van der Waals surface area contributed by atoms with Crippen molar-refractivity contribution >= 4 is 11.9 Å². The molecule has 0 radical (unpaired) electrons. The number of carboxylic acids is 2. The summed E-state index contributed by atoms with van der Waals surface area (Å²) >= 11 is 0. The SMILES string of the molecule is O=C(O)CC(C(=O)O)C1CCCCCC1. The molecular weight excluding hydrogens is 196 g/mol. The first-order chi connectivity index (χ1) is 7.11. The van der Waals surface area contributed by atoms with Crippen LogP contribution in [0.4, 0.5) is 0 Å². The van der Waals surface area contributed by atoms with Gasteiger partial charge in [-0.1, -0.05) is 25.7 Å². The zero-order valence-corrected chi connectivity index (χ0v) is 8.82. The molecule has 0 aromatic carbocycles. The third-order valence-electron chi connectivity index (χ3n) is 3.18. The van der Waals surface area contributed by atoms with Gasteiger partial charge in [0.1, 0.15) is 0 Å². The zero-order chi connectivity index (χ0) is 11.3. The highest BCUT2D eigenvalue weighted by Gasteiger charge is 2.30. The van der Waals surface area contributed by atoms with E-state index in [1.54, 1.807) is 0 Å². The Morgan fingerprint density at radius 2 is 1.60 bits per heavy atom. The molecule has 1 aliphatic carbocycles. The summed E-state index contributed by atoms with van der Waals surface area (Å²) < 4.78 is 0. The minimum atomic E-state index is -1.01. The highest BCUT2D eigenvalue weighted by molar-refractivity contribution is 5.77. The zero-order valence-electron chi connectivity index (χ0n) is 8.82. The molecule has 0 saturated heterocycles. The van der Waals surface area contributed by atoms with Crippen molar-refractivity contribution in [1.82, 2.24) is 0 Å². The average Bonchev–Trinajstić information content (AvgIpc) is 2.41. The van der Waals surface area contributed by atoms with Gasteiger partial charge in [-0.2, -0.15) is 0 Å². The molecule has 0 bridgehead atoms. The summed E-state index contributed by atoms with van der Waals surface area (Å²) in [6.45, 7) is 0. The average molecular weight is 214 g/mol. The standard InChI is InChI=1S/C11H18O4/c12-10(13)7-9(11(14)15)8-5-3-1-2-4-6-8/h8-9H,1-7H2,(H,12,13)(H,14,15). The fourth-order valence-corrected chi connectivity index (χ4v) is 2.36. The van der Waals surface area contributed by atoms with Gasteiger partial charge in [0, 0.05) is 0 Å². The summed E-state index contributed by atoms with van der Waals surface area (Å²) in [6, 6.07) is 0. The van der Waals surface area contributed by atoms with Crippen molar-refractivity contribution in [3.05, 3.63) is 0 Å². The van der Waals surface area contributed by atoms with Crippen LogP contribution in [0.5, 0.6) is 0 Å². The molecule has 0 aromatic heterocycles. The van der Waals surface area contributed by atoms with Gasteiger partial charge in [0.15, 0.2) is 0 Å². The van der Waals surface area contributed by atoms with Crippen LogP contribution < -0.4 is 0 Å². The molecule has 0 spiro atoms. The first kappa shape index (κ1) is 12.0. The van der Waals surface area contributed by atoms with E-state index in [2.05, 4.69) is 0 Å². The Hall–Kier alpha value is -1.06. The summed E-state index contributed by atoms with van der Waals surface area (Å²) in [5.41, 5.74) is 0. The molecule has 86 valence electrons. The van der Waals surface area contributed by atoms with E-state index in [4.69, 9.17) is 10.2 Å². The van der Waals surface area contributed by atoms with E-state index in [1.165, 1.54) is 0 Å². The van der Waals surface area contributed by atoms with Crippen LogP contribution in [0.15, 0.2) is 0 Å². The summed E-state index contributed by atoms with van der Waals surface area (Å²) in [7, 11) is 0. The van der Waals surface area contributed by atoms with Crippen molar-refractivity contribution in [1.29, 1.82) is 0 Å². The van der Waals surface area contributed by atoms with E-state index in [9.17, 15) is 9.59 Å². The second kappa shape index (κ2) is 5.73. The summed E-state index contributed by atoms with van der Waals surface area (Å²) in [6.07, 6.45) is 5.86. The number of hydrogen-bond acceptors (Lipinski definition) is 2. The molecule has 1 unspecified atom stereocenters. The number of rotatable bonds is 4. The van der Waals surface area contributed by atoms with Crippen LogP contribution in [-0.2, 0) is 9.59 Å². The number of aliphatic carboxylic acids is 2. The van der Waals surface area contributed by atoms with Crippen molar-refractivity contribution in [2.45, 2.75) is 44.9 Å². The molecule has 4 heteroatoms. The van der Waals surface area contributed by atoms with E-state index in [1.807, 2.05) is 0 Å².